The second kappa shape index (κ2) is 8.93. The summed E-state index contributed by atoms with van der Waals surface area (Å²) in [6.45, 7) is 2.80. The molecule has 0 amide bonds. The maximum absolute atomic E-state index is 6.36. The highest BCUT2D eigenvalue weighted by atomic mass is 16.5. The van der Waals surface area contributed by atoms with Crippen molar-refractivity contribution in [3.63, 3.8) is 0 Å². The summed E-state index contributed by atoms with van der Waals surface area (Å²) in [6.07, 6.45) is 6.47. The van der Waals surface area contributed by atoms with Gasteiger partial charge in [0.2, 0.25) is 0 Å². The summed E-state index contributed by atoms with van der Waals surface area (Å²) in [4.78, 5) is 0. The molecule has 3 aromatic carbocycles. The van der Waals surface area contributed by atoms with Crippen molar-refractivity contribution in [1.29, 1.82) is 0 Å². The van der Waals surface area contributed by atoms with E-state index in [1.807, 2.05) is 12.1 Å². The van der Waals surface area contributed by atoms with Crippen molar-refractivity contribution < 1.29 is 9.47 Å². The molecule has 1 N–H and O–H groups in total. The first-order valence-electron chi connectivity index (χ1n) is 9.80. The molecule has 1 saturated heterocycles. The summed E-state index contributed by atoms with van der Waals surface area (Å²) in [7, 11) is 0. The molecule has 2 atom stereocenters. The van der Waals surface area contributed by atoms with Gasteiger partial charge in [-0.25, -0.2) is 0 Å². The van der Waals surface area contributed by atoms with Gasteiger partial charge in [0.05, 0.1) is 12.7 Å². The van der Waals surface area contributed by atoms with Crippen molar-refractivity contribution in [2.45, 2.75) is 25.0 Å². The minimum atomic E-state index is 0.151. The Morgan fingerprint density at radius 1 is 1.00 bits per heavy atom. The molecule has 3 heteroatoms. The van der Waals surface area contributed by atoms with E-state index in [0.717, 1.165) is 25.3 Å². The number of nitrogens with one attached hydrogen (secondary N) is 1. The molecule has 1 aliphatic heterocycles. The lowest BCUT2D eigenvalue weighted by molar-refractivity contribution is 0.0106. The fourth-order valence-electron chi connectivity index (χ4n) is 3.85. The highest BCUT2D eigenvalue weighted by molar-refractivity contribution is 5.82. The molecule has 142 valence electrons. The molecule has 3 aromatic rings. The average molecular weight is 371 g/mol. The van der Waals surface area contributed by atoms with Crippen LogP contribution in [0.3, 0.4) is 0 Å². The Kier molecular flexibility index (Phi) is 5.92. The molecule has 3 nitrogen and oxygen atoms in total. The Balaban J connectivity index is 1.43. The Morgan fingerprint density at radius 3 is 2.64 bits per heavy atom. The first-order valence-corrected chi connectivity index (χ1v) is 9.80. The van der Waals surface area contributed by atoms with Crippen LogP contribution in [-0.2, 0) is 11.3 Å². The summed E-state index contributed by atoms with van der Waals surface area (Å²) in [6, 6.07) is 23.2. The number of hydrogen-bond acceptors (Lipinski definition) is 3. The van der Waals surface area contributed by atoms with Crippen LogP contribution >= 0.6 is 0 Å². The normalized spacial score (nSPS) is 19.2. The maximum atomic E-state index is 6.36. The van der Waals surface area contributed by atoms with Gasteiger partial charge >= 0.3 is 0 Å². The van der Waals surface area contributed by atoms with Gasteiger partial charge in [0.1, 0.15) is 12.4 Å². The van der Waals surface area contributed by atoms with Gasteiger partial charge < -0.3 is 14.8 Å². The Bertz CT molecular complexity index is 958. The number of rotatable bonds is 6. The third-order valence-electron chi connectivity index (χ3n) is 5.33. The van der Waals surface area contributed by atoms with Crippen LogP contribution in [-0.4, -0.2) is 25.8 Å². The second-order valence-corrected chi connectivity index (χ2v) is 7.19. The molecule has 4 rings (SSSR count). The van der Waals surface area contributed by atoms with Crippen molar-refractivity contribution in [3.05, 3.63) is 77.9 Å². The molecule has 1 fully saturated rings. The zero-order chi connectivity index (χ0) is 19.2. The minimum absolute atomic E-state index is 0.151. The van der Waals surface area contributed by atoms with Crippen LogP contribution in [0.5, 0.6) is 5.75 Å². The SMILES string of the molecule is C#CCOc1ccc(C2CCNCC2OCc2ccc3ccccc3c2)cc1. The van der Waals surface area contributed by atoms with Gasteiger partial charge in [-0.3, -0.25) is 0 Å². The lowest BCUT2D eigenvalue weighted by Gasteiger charge is -2.32. The van der Waals surface area contributed by atoms with Crippen LogP contribution in [0.4, 0.5) is 0 Å². The summed E-state index contributed by atoms with van der Waals surface area (Å²) in [5, 5.41) is 5.98. The maximum Gasteiger partial charge on any atom is 0.148 e. The Morgan fingerprint density at radius 2 is 1.82 bits per heavy atom. The molecule has 0 aromatic heterocycles. The fourth-order valence-corrected chi connectivity index (χ4v) is 3.85. The van der Waals surface area contributed by atoms with Crippen LogP contribution in [0, 0.1) is 12.3 Å². The quantitative estimate of drug-likeness (QED) is 0.647. The van der Waals surface area contributed by atoms with Crippen LogP contribution in [0.1, 0.15) is 23.5 Å². The third kappa shape index (κ3) is 4.36. The molecule has 0 saturated carbocycles. The number of benzene rings is 3. The zero-order valence-electron chi connectivity index (χ0n) is 15.9. The number of piperidine rings is 1. The van der Waals surface area contributed by atoms with Crippen LogP contribution in [0.2, 0.25) is 0 Å². The number of hydrogen-bond donors (Lipinski definition) is 1. The molecule has 0 spiro atoms. The number of ether oxygens (including phenoxy) is 2. The molecule has 1 heterocycles. The molecule has 28 heavy (non-hydrogen) atoms. The first-order chi connectivity index (χ1) is 13.8. The van der Waals surface area contributed by atoms with Gasteiger partial charge in [-0.1, -0.05) is 54.5 Å². The number of terminal acetylenes is 1. The molecule has 0 radical (unpaired) electrons. The highest BCUT2D eigenvalue weighted by Gasteiger charge is 2.27. The predicted molar refractivity (Wildman–Crippen MR) is 114 cm³/mol. The summed E-state index contributed by atoms with van der Waals surface area (Å²) >= 11 is 0. The second-order valence-electron chi connectivity index (χ2n) is 7.19. The van der Waals surface area contributed by atoms with Crippen LogP contribution in [0.25, 0.3) is 10.8 Å². The van der Waals surface area contributed by atoms with E-state index in [2.05, 4.69) is 65.8 Å². The van der Waals surface area contributed by atoms with E-state index >= 15 is 0 Å². The predicted octanol–water partition coefficient (Wildman–Crippen LogP) is 4.51. The van der Waals surface area contributed by atoms with E-state index in [9.17, 15) is 0 Å². The average Bonchev–Trinajstić information content (AvgIpc) is 2.77. The third-order valence-corrected chi connectivity index (χ3v) is 5.33. The first kappa shape index (κ1) is 18.6. The van der Waals surface area contributed by atoms with E-state index in [-0.39, 0.29) is 6.10 Å². The summed E-state index contributed by atoms with van der Waals surface area (Å²) < 4.78 is 11.8. The van der Waals surface area contributed by atoms with Crippen molar-refractivity contribution in [3.8, 4) is 18.1 Å². The van der Waals surface area contributed by atoms with Gasteiger partial charge in [-0.15, -0.1) is 6.42 Å². The van der Waals surface area contributed by atoms with Crippen molar-refractivity contribution in [1.82, 2.24) is 5.32 Å². The lowest BCUT2D eigenvalue weighted by Crippen LogP contribution is -2.40. The van der Waals surface area contributed by atoms with Crippen molar-refractivity contribution in [2.75, 3.05) is 19.7 Å². The van der Waals surface area contributed by atoms with E-state index in [1.54, 1.807) is 0 Å². The smallest absolute Gasteiger partial charge is 0.148 e. The lowest BCUT2D eigenvalue weighted by atomic mass is 9.87. The Hall–Kier alpha value is -2.80. The van der Waals surface area contributed by atoms with E-state index in [0.29, 0.717) is 19.1 Å². The standard InChI is InChI=1S/C25H25NO2/c1-2-15-27-23-11-9-21(10-12-23)24-13-14-26-17-25(24)28-18-19-7-8-20-5-3-4-6-22(20)16-19/h1,3-12,16,24-26H,13-15,17-18H2. The van der Waals surface area contributed by atoms with Crippen molar-refractivity contribution >= 4 is 10.8 Å². The van der Waals surface area contributed by atoms with E-state index in [4.69, 9.17) is 15.9 Å². The van der Waals surface area contributed by atoms with Crippen LogP contribution < -0.4 is 10.1 Å². The number of fused-ring (bicyclic) bond motifs is 1. The van der Waals surface area contributed by atoms with E-state index < -0.39 is 0 Å². The van der Waals surface area contributed by atoms with Gasteiger partial charge in [0.25, 0.3) is 0 Å². The molecular weight excluding hydrogens is 346 g/mol. The molecular formula is C25H25NO2. The van der Waals surface area contributed by atoms with Crippen LogP contribution in [0.15, 0.2) is 66.7 Å². The monoisotopic (exact) mass is 371 g/mol. The fraction of sp³-hybridized carbons (Fsp3) is 0.280. The summed E-state index contributed by atoms with van der Waals surface area (Å²) in [5.41, 5.74) is 2.50. The van der Waals surface area contributed by atoms with Gasteiger partial charge in [0, 0.05) is 12.5 Å². The minimum Gasteiger partial charge on any atom is -0.481 e. The topological polar surface area (TPSA) is 30.5 Å². The van der Waals surface area contributed by atoms with Gasteiger partial charge in [-0.2, -0.15) is 0 Å². The largest absolute Gasteiger partial charge is 0.481 e. The van der Waals surface area contributed by atoms with E-state index in [1.165, 1.54) is 21.9 Å². The van der Waals surface area contributed by atoms with Gasteiger partial charge in [0.15, 0.2) is 0 Å². The highest BCUT2D eigenvalue weighted by Crippen LogP contribution is 2.30. The Labute approximate surface area is 166 Å². The van der Waals surface area contributed by atoms with Crippen molar-refractivity contribution in [2.24, 2.45) is 0 Å². The van der Waals surface area contributed by atoms with Gasteiger partial charge in [-0.05, 0) is 53.1 Å². The molecule has 2 unspecified atom stereocenters. The summed E-state index contributed by atoms with van der Waals surface area (Å²) in [5.74, 6) is 3.68. The molecule has 1 aliphatic rings. The molecule has 0 aliphatic carbocycles. The zero-order valence-corrected chi connectivity index (χ0v) is 15.9. The molecule has 0 bridgehead atoms.